The summed E-state index contributed by atoms with van der Waals surface area (Å²) in [7, 11) is 0. The van der Waals surface area contributed by atoms with Crippen molar-refractivity contribution in [3.8, 4) is 0 Å². The molecule has 2 aromatic rings. The van der Waals surface area contributed by atoms with Crippen LogP contribution in [0, 0.1) is 5.82 Å². The van der Waals surface area contributed by atoms with E-state index in [2.05, 4.69) is 0 Å². The number of piperidine rings is 1. The molecule has 1 unspecified atom stereocenters. The van der Waals surface area contributed by atoms with Crippen molar-refractivity contribution in [3.05, 3.63) is 62.0 Å². The number of hydrogen-bond donors (Lipinski definition) is 2. The number of aromatic nitrogens is 2. The standard InChI is InChI=1S/C21H26FN5O4/c1-2-26-20(30)17(16(28)12-25-10-4-3-5-15(25)19(24)29)18(23)27(21(26)31)11-13-6-8-14(22)9-7-13/h6-9,15H,2-5,10-12,23H2,1H3,(H2,24,29). The molecular weight excluding hydrogens is 405 g/mol. The van der Waals surface area contributed by atoms with E-state index in [0.717, 1.165) is 22.0 Å². The molecule has 1 aliphatic heterocycles. The highest BCUT2D eigenvalue weighted by Crippen LogP contribution is 2.18. The lowest BCUT2D eigenvalue weighted by Gasteiger charge is -2.33. The van der Waals surface area contributed by atoms with E-state index >= 15 is 0 Å². The highest BCUT2D eigenvalue weighted by atomic mass is 19.1. The second-order valence-corrected chi connectivity index (χ2v) is 7.61. The number of anilines is 1. The Hall–Kier alpha value is -3.27. The van der Waals surface area contributed by atoms with Crippen LogP contribution in [-0.4, -0.2) is 44.9 Å². The molecule has 3 rings (SSSR count). The van der Waals surface area contributed by atoms with Crippen LogP contribution in [0.4, 0.5) is 10.2 Å². The molecule has 10 heteroatoms. The van der Waals surface area contributed by atoms with Crippen molar-refractivity contribution in [1.29, 1.82) is 0 Å². The fourth-order valence-corrected chi connectivity index (χ4v) is 3.95. The average Bonchev–Trinajstić information content (AvgIpc) is 2.73. The van der Waals surface area contributed by atoms with Gasteiger partial charge in [0.15, 0.2) is 5.78 Å². The number of ketones is 1. The van der Waals surface area contributed by atoms with E-state index in [-0.39, 0.29) is 31.0 Å². The summed E-state index contributed by atoms with van der Waals surface area (Å²) in [5, 5.41) is 0. The number of hydrogen-bond acceptors (Lipinski definition) is 6. The summed E-state index contributed by atoms with van der Waals surface area (Å²) in [6, 6.07) is 4.90. The zero-order valence-corrected chi connectivity index (χ0v) is 17.3. The molecule has 1 fully saturated rings. The van der Waals surface area contributed by atoms with Gasteiger partial charge in [0.2, 0.25) is 5.91 Å². The van der Waals surface area contributed by atoms with Crippen molar-refractivity contribution in [1.82, 2.24) is 14.0 Å². The van der Waals surface area contributed by atoms with E-state index in [4.69, 9.17) is 11.5 Å². The molecule has 0 radical (unpaired) electrons. The van der Waals surface area contributed by atoms with Crippen molar-refractivity contribution in [2.24, 2.45) is 5.73 Å². The SMILES string of the molecule is CCn1c(=O)c(C(=O)CN2CCCCC2C(N)=O)c(N)n(Cc2ccc(F)cc2)c1=O. The van der Waals surface area contributed by atoms with Gasteiger partial charge >= 0.3 is 5.69 Å². The van der Waals surface area contributed by atoms with E-state index in [1.807, 2.05) is 0 Å². The molecular formula is C21H26FN5O4. The lowest BCUT2D eigenvalue weighted by Crippen LogP contribution is -2.51. The number of nitrogens with zero attached hydrogens (tertiary/aromatic N) is 3. The maximum absolute atomic E-state index is 13.2. The first kappa shape index (κ1) is 22.4. The maximum Gasteiger partial charge on any atom is 0.332 e. The van der Waals surface area contributed by atoms with Crippen molar-refractivity contribution >= 4 is 17.5 Å². The summed E-state index contributed by atoms with van der Waals surface area (Å²) >= 11 is 0. The normalized spacial score (nSPS) is 16.9. The maximum atomic E-state index is 13.2. The van der Waals surface area contributed by atoms with E-state index in [9.17, 15) is 23.6 Å². The predicted molar refractivity (Wildman–Crippen MR) is 113 cm³/mol. The zero-order chi connectivity index (χ0) is 22.7. The van der Waals surface area contributed by atoms with Crippen molar-refractivity contribution in [2.75, 3.05) is 18.8 Å². The third kappa shape index (κ3) is 4.58. The van der Waals surface area contributed by atoms with E-state index < -0.39 is 34.8 Å². The summed E-state index contributed by atoms with van der Waals surface area (Å²) in [6.45, 7) is 1.93. The van der Waals surface area contributed by atoms with E-state index in [0.29, 0.717) is 18.5 Å². The number of nitrogen functional groups attached to an aromatic ring is 1. The van der Waals surface area contributed by atoms with Gasteiger partial charge in [0.1, 0.15) is 17.2 Å². The molecule has 2 heterocycles. The molecule has 1 amide bonds. The molecule has 0 spiro atoms. The zero-order valence-electron chi connectivity index (χ0n) is 17.3. The van der Waals surface area contributed by atoms with Gasteiger partial charge in [-0.25, -0.2) is 9.18 Å². The topological polar surface area (TPSA) is 133 Å². The second kappa shape index (κ2) is 9.25. The molecule has 4 N–H and O–H groups in total. The van der Waals surface area contributed by atoms with E-state index in [1.54, 1.807) is 11.8 Å². The van der Waals surface area contributed by atoms with Gasteiger partial charge in [-0.1, -0.05) is 18.6 Å². The Morgan fingerprint density at radius 1 is 1.13 bits per heavy atom. The number of primary amides is 1. The number of benzene rings is 1. The van der Waals surface area contributed by atoms with Gasteiger partial charge in [-0.3, -0.25) is 28.4 Å². The third-order valence-electron chi connectivity index (χ3n) is 5.61. The minimum Gasteiger partial charge on any atom is -0.384 e. The summed E-state index contributed by atoms with van der Waals surface area (Å²) in [4.78, 5) is 52.2. The Balaban J connectivity index is 2.02. The molecule has 1 aromatic heterocycles. The molecule has 31 heavy (non-hydrogen) atoms. The quantitative estimate of drug-likeness (QED) is 0.607. The van der Waals surface area contributed by atoms with Gasteiger partial charge in [0, 0.05) is 6.54 Å². The van der Waals surface area contributed by atoms with Gasteiger partial charge in [-0.05, 0) is 44.0 Å². The highest BCUT2D eigenvalue weighted by molar-refractivity contribution is 6.01. The van der Waals surface area contributed by atoms with Crippen LogP contribution in [0.2, 0.25) is 0 Å². The van der Waals surface area contributed by atoms with Crippen LogP contribution in [0.15, 0.2) is 33.9 Å². The molecule has 166 valence electrons. The number of amides is 1. The Labute approximate surface area is 178 Å². The van der Waals surface area contributed by atoms with Crippen LogP contribution in [-0.2, 0) is 17.9 Å². The summed E-state index contributed by atoms with van der Waals surface area (Å²) in [5.74, 6) is -1.77. The third-order valence-corrected chi connectivity index (χ3v) is 5.61. The number of nitrogens with two attached hydrogens (primary N) is 2. The number of likely N-dealkylation sites (tertiary alicyclic amines) is 1. The molecule has 1 aromatic carbocycles. The number of Topliss-reactive ketones (excluding diaryl/α,β-unsaturated/α-hetero) is 1. The van der Waals surface area contributed by atoms with Crippen LogP contribution < -0.4 is 22.7 Å². The lowest BCUT2D eigenvalue weighted by molar-refractivity contribution is -0.124. The minimum absolute atomic E-state index is 0.0286. The first-order chi connectivity index (χ1) is 14.7. The molecule has 0 bridgehead atoms. The Bertz CT molecular complexity index is 1110. The number of rotatable bonds is 7. The number of halogens is 1. The largest absolute Gasteiger partial charge is 0.384 e. The van der Waals surface area contributed by atoms with Crippen LogP contribution in [0.5, 0.6) is 0 Å². The summed E-state index contributed by atoms with van der Waals surface area (Å²) in [6.07, 6.45) is 2.17. The molecule has 1 saturated heterocycles. The molecule has 1 atom stereocenters. The van der Waals surface area contributed by atoms with Crippen LogP contribution in [0.1, 0.15) is 42.1 Å². The van der Waals surface area contributed by atoms with Gasteiger partial charge in [-0.2, -0.15) is 0 Å². The Morgan fingerprint density at radius 3 is 2.42 bits per heavy atom. The van der Waals surface area contributed by atoms with Gasteiger partial charge < -0.3 is 11.5 Å². The first-order valence-corrected chi connectivity index (χ1v) is 10.2. The van der Waals surface area contributed by atoms with Crippen LogP contribution in [0.3, 0.4) is 0 Å². The summed E-state index contributed by atoms with van der Waals surface area (Å²) < 4.78 is 15.3. The summed E-state index contributed by atoms with van der Waals surface area (Å²) in [5.41, 5.74) is 10.5. The molecule has 9 nitrogen and oxygen atoms in total. The second-order valence-electron chi connectivity index (χ2n) is 7.61. The van der Waals surface area contributed by atoms with Crippen molar-refractivity contribution in [3.63, 3.8) is 0 Å². The smallest absolute Gasteiger partial charge is 0.332 e. The predicted octanol–water partition coefficient (Wildman–Crippen LogP) is 0.322. The fraction of sp³-hybridized carbons (Fsp3) is 0.429. The van der Waals surface area contributed by atoms with Crippen LogP contribution in [0.25, 0.3) is 0 Å². The Morgan fingerprint density at radius 2 is 1.81 bits per heavy atom. The first-order valence-electron chi connectivity index (χ1n) is 10.2. The molecule has 0 saturated carbocycles. The van der Waals surface area contributed by atoms with Gasteiger partial charge in [0.25, 0.3) is 5.56 Å². The van der Waals surface area contributed by atoms with E-state index in [1.165, 1.54) is 24.3 Å². The number of carbonyl (C=O) groups excluding carboxylic acids is 2. The van der Waals surface area contributed by atoms with Gasteiger partial charge in [-0.15, -0.1) is 0 Å². The highest BCUT2D eigenvalue weighted by Gasteiger charge is 2.31. The lowest BCUT2D eigenvalue weighted by atomic mass is 10.0. The van der Waals surface area contributed by atoms with Crippen molar-refractivity contribution < 1.29 is 14.0 Å². The van der Waals surface area contributed by atoms with Crippen LogP contribution >= 0.6 is 0 Å². The molecule has 0 aliphatic carbocycles. The monoisotopic (exact) mass is 431 g/mol. The van der Waals surface area contributed by atoms with Crippen molar-refractivity contribution in [2.45, 2.75) is 45.3 Å². The van der Waals surface area contributed by atoms with Gasteiger partial charge in [0.05, 0.1) is 19.1 Å². The molecule has 1 aliphatic rings. The average molecular weight is 431 g/mol. The Kier molecular flexibility index (Phi) is 6.69. The minimum atomic E-state index is -0.766. The number of carbonyl (C=O) groups is 2. The fourth-order valence-electron chi connectivity index (χ4n) is 3.95.